The highest BCUT2D eigenvalue weighted by Crippen LogP contribution is 2.30. The van der Waals surface area contributed by atoms with E-state index >= 15 is 0 Å². The van der Waals surface area contributed by atoms with Crippen molar-refractivity contribution in [2.24, 2.45) is 0 Å². The summed E-state index contributed by atoms with van der Waals surface area (Å²) in [6.45, 7) is 4.75. The summed E-state index contributed by atoms with van der Waals surface area (Å²) in [6, 6.07) is 4.51. The lowest BCUT2D eigenvalue weighted by molar-refractivity contribution is 0.200. The molecule has 2 heterocycles. The number of hydrogen-bond donors (Lipinski definition) is 1. The summed E-state index contributed by atoms with van der Waals surface area (Å²) < 4.78 is 18.5. The zero-order chi connectivity index (χ0) is 16.2. The van der Waals surface area contributed by atoms with Gasteiger partial charge in [0.2, 0.25) is 0 Å². The van der Waals surface area contributed by atoms with Gasteiger partial charge in [0.15, 0.2) is 0 Å². The molecule has 0 unspecified atom stereocenters. The average molecular weight is 340 g/mol. The second kappa shape index (κ2) is 7.51. The molecule has 1 aromatic carbocycles. The predicted octanol–water partition coefficient (Wildman–Crippen LogP) is 3.19. The standard InChI is InChI=1S/C17H23ClFN3O/c1-23-9-6-16-13(11-21-7-2-3-8-21)12-22(20-16)17-5-4-14(19)10-15(17)18/h4-5,10,20H,2-3,6-9,11-12H2,1H3. The van der Waals surface area contributed by atoms with Crippen molar-refractivity contribution in [3.05, 3.63) is 40.3 Å². The van der Waals surface area contributed by atoms with Gasteiger partial charge in [-0.05, 0) is 49.7 Å². The number of hydrogen-bond acceptors (Lipinski definition) is 4. The van der Waals surface area contributed by atoms with Crippen molar-refractivity contribution >= 4 is 17.3 Å². The lowest BCUT2D eigenvalue weighted by atomic mass is 10.1. The minimum atomic E-state index is -0.317. The summed E-state index contributed by atoms with van der Waals surface area (Å²) in [4.78, 5) is 2.49. The number of hydrazine groups is 1. The molecule has 1 fully saturated rings. The van der Waals surface area contributed by atoms with Crippen LogP contribution in [0.25, 0.3) is 0 Å². The van der Waals surface area contributed by atoms with Gasteiger partial charge in [-0.25, -0.2) is 4.39 Å². The first-order valence-corrected chi connectivity index (χ1v) is 8.46. The van der Waals surface area contributed by atoms with Gasteiger partial charge in [0.05, 0.1) is 23.9 Å². The number of nitrogens with one attached hydrogen (secondary N) is 1. The van der Waals surface area contributed by atoms with Crippen LogP contribution in [0.5, 0.6) is 0 Å². The number of ether oxygens (including phenoxy) is 1. The highest BCUT2D eigenvalue weighted by atomic mass is 35.5. The summed E-state index contributed by atoms with van der Waals surface area (Å²) in [7, 11) is 1.71. The molecule has 4 nitrogen and oxygen atoms in total. The van der Waals surface area contributed by atoms with E-state index in [0.717, 1.165) is 25.2 Å². The van der Waals surface area contributed by atoms with Gasteiger partial charge in [-0.2, -0.15) is 0 Å². The molecule has 0 radical (unpaired) electrons. The quantitative estimate of drug-likeness (QED) is 0.861. The first-order chi connectivity index (χ1) is 11.2. The Kier molecular flexibility index (Phi) is 5.41. The molecule has 0 amide bonds. The predicted molar refractivity (Wildman–Crippen MR) is 91.1 cm³/mol. The third kappa shape index (κ3) is 3.97. The molecule has 0 atom stereocenters. The Morgan fingerprint density at radius 1 is 1.30 bits per heavy atom. The highest BCUT2D eigenvalue weighted by Gasteiger charge is 2.25. The Balaban J connectivity index is 1.74. The molecule has 1 N–H and O–H groups in total. The largest absolute Gasteiger partial charge is 0.384 e. The van der Waals surface area contributed by atoms with Crippen LogP contribution in [0.3, 0.4) is 0 Å². The first kappa shape index (κ1) is 16.6. The molecule has 1 saturated heterocycles. The summed E-state index contributed by atoms with van der Waals surface area (Å²) >= 11 is 6.20. The molecule has 23 heavy (non-hydrogen) atoms. The first-order valence-electron chi connectivity index (χ1n) is 8.09. The van der Waals surface area contributed by atoms with Crippen LogP contribution in [0.15, 0.2) is 29.5 Å². The Labute approximate surface area is 141 Å². The number of halogens is 2. The van der Waals surface area contributed by atoms with E-state index in [1.807, 2.05) is 5.01 Å². The summed E-state index contributed by atoms with van der Waals surface area (Å²) in [5, 5.41) is 2.42. The van der Waals surface area contributed by atoms with Crippen LogP contribution in [0.1, 0.15) is 19.3 Å². The van der Waals surface area contributed by atoms with Crippen LogP contribution in [-0.4, -0.2) is 44.8 Å². The maximum absolute atomic E-state index is 13.3. The fourth-order valence-electron chi connectivity index (χ4n) is 3.21. The fraction of sp³-hybridized carbons (Fsp3) is 0.529. The van der Waals surface area contributed by atoms with Gasteiger partial charge in [0, 0.05) is 25.8 Å². The van der Waals surface area contributed by atoms with Gasteiger partial charge in [-0.1, -0.05) is 11.6 Å². The Morgan fingerprint density at radius 2 is 2.09 bits per heavy atom. The maximum Gasteiger partial charge on any atom is 0.124 e. The SMILES string of the molecule is COCCC1=C(CN2CCCC2)CN(c2ccc(F)cc2Cl)N1. The summed E-state index contributed by atoms with van der Waals surface area (Å²) in [5.74, 6) is -0.317. The van der Waals surface area contributed by atoms with Crippen molar-refractivity contribution < 1.29 is 9.13 Å². The maximum atomic E-state index is 13.3. The molecule has 2 aliphatic heterocycles. The van der Waals surface area contributed by atoms with E-state index < -0.39 is 0 Å². The van der Waals surface area contributed by atoms with Crippen molar-refractivity contribution in [3.63, 3.8) is 0 Å². The van der Waals surface area contributed by atoms with Gasteiger partial charge in [0.1, 0.15) is 5.82 Å². The molecule has 0 spiro atoms. The number of methoxy groups -OCH3 is 1. The molecular formula is C17H23ClFN3O. The number of likely N-dealkylation sites (tertiary alicyclic amines) is 1. The van der Waals surface area contributed by atoms with Crippen LogP contribution in [0.4, 0.5) is 10.1 Å². The van der Waals surface area contributed by atoms with E-state index in [2.05, 4.69) is 10.3 Å². The molecule has 0 bridgehead atoms. The third-order valence-electron chi connectivity index (χ3n) is 4.42. The van der Waals surface area contributed by atoms with Crippen LogP contribution < -0.4 is 10.4 Å². The molecule has 0 aromatic heterocycles. The molecule has 126 valence electrons. The normalized spacial score (nSPS) is 18.8. The minimum absolute atomic E-state index is 0.317. The lowest BCUT2D eigenvalue weighted by Crippen LogP contribution is -2.33. The lowest BCUT2D eigenvalue weighted by Gasteiger charge is -2.22. The van der Waals surface area contributed by atoms with Crippen LogP contribution in [0, 0.1) is 5.82 Å². The van der Waals surface area contributed by atoms with Gasteiger partial charge in [0.25, 0.3) is 0 Å². The van der Waals surface area contributed by atoms with E-state index in [1.54, 1.807) is 13.2 Å². The molecular weight excluding hydrogens is 317 g/mol. The van der Waals surface area contributed by atoms with Gasteiger partial charge in [-0.15, -0.1) is 0 Å². The molecule has 1 aromatic rings. The molecule has 2 aliphatic rings. The Hall–Kier alpha value is -1.30. The zero-order valence-electron chi connectivity index (χ0n) is 13.4. The van der Waals surface area contributed by atoms with Gasteiger partial charge < -0.3 is 10.2 Å². The second-order valence-corrected chi connectivity index (χ2v) is 6.51. The van der Waals surface area contributed by atoms with E-state index in [9.17, 15) is 4.39 Å². The summed E-state index contributed by atoms with van der Waals surface area (Å²) in [6.07, 6.45) is 3.40. The fourth-order valence-corrected chi connectivity index (χ4v) is 3.48. The average Bonchev–Trinajstić information content (AvgIpc) is 3.16. The van der Waals surface area contributed by atoms with Crippen molar-refractivity contribution in [1.29, 1.82) is 0 Å². The minimum Gasteiger partial charge on any atom is -0.384 e. The van der Waals surface area contributed by atoms with Crippen LogP contribution >= 0.6 is 11.6 Å². The monoisotopic (exact) mass is 339 g/mol. The van der Waals surface area contributed by atoms with E-state index in [1.165, 1.54) is 49.3 Å². The Bertz CT molecular complexity index is 587. The zero-order valence-corrected chi connectivity index (χ0v) is 14.2. The van der Waals surface area contributed by atoms with Crippen molar-refractivity contribution in [2.45, 2.75) is 19.3 Å². The summed E-state index contributed by atoms with van der Waals surface area (Å²) in [5.41, 5.74) is 6.79. The number of benzene rings is 1. The topological polar surface area (TPSA) is 27.7 Å². The molecule has 0 saturated carbocycles. The van der Waals surface area contributed by atoms with Crippen molar-refractivity contribution in [2.75, 3.05) is 44.9 Å². The number of anilines is 1. The van der Waals surface area contributed by atoms with E-state index in [0.29, 0.717) is 11.6 Å². The third-order valence-corrected chi connectivity index (χ3v) is 4.72. The molecule has 6 heteroatoms. The number of nitrogens with zero attached hydrogens (tertiary/aromatic N) is 2. The second-order valence-electron chi connectivity index (χ2n) is 6.10. The smallest absolute Gasteiger partial charge is 0.124 e. The molecule has 0 aliphatic carbocycles. The van der Waals surface area contributed by atoms with Crippen LogP contribution in [-0.2, 0) is 4.74 Å². The number of rotatable bonds is 6. The van der Waals surface area contributed by atoms with E-state index in [4.69, 9.17) is 16.3 Å². The van der Waals surface area contributed by atoms with E-state index in [-0.39, 0.29) is 5.82 Å². The van der Waals surface area contributed by atoms with Gasteiger partial charge in [-0.3, -0.25) is 9.91 Å². The van der Waals surface area contributed by atoms with Gasteiger partial charge >= 0.3 is 0 Å². The van der Waals surface area contributed by atoms with Crippen molar-refractivity contribution in [3.8, 4) is 0 Å². The van der Waals surface area contributed by atoms with Crippen LogP contribution in [0.2, 0.25) is 5.02 Å². The highest BCUT2D eigenvalue weighted by molar-refractivity contribution is 6.33. The molecule has 3 rings (SSSR count). The Morgan fingerprint density at radius 3 is 2.78 bits per heavy atom. The van der Waals surface area contributed by atoms with Crippen molar-refractivity contribution in [1.82, 2.24) is 10.3 Å².